The predicted molar refractivity (Wildman–Crippen MR) is 60.6 cm³/mol. The maximum absolute atomic E-state index is 4.99. The average molecular weight is 210 g/mol. The van der Waals surface area contributed by atoms with Gasteiger partial charge < -0.3 is 14.2 Å². The van der Waals surface area contributed by atoms with Crippen molar-refractivity contribution in [2.45, 2.75) is 0 Å². The second kappa shape index (κ2) is 9.47. The molecule has 0 radical (unpaired) electrons. The lowest BCUT2D eigenvalue weighted by atomic mass is 10.1. The minimum absolute atomic E-state index is 0.407. The zero-order chi connectivity index (χ0) is 11.5. The molecule has 0 bridgehead atoms. The molecule has 0 aliphatic heterocycles. The Hall–Kier alpha value is -1.08. The van der Waals surface area contributed by atoms with E-state index in [0.717, 1.165) is 11.1 Å². The van der Waals surface area contributed by atoms with Crippen LogP contribution in [0.5, 0.6) is 0 Å². The highest BCUT2D eigenvalue weighted by molar-refractivity contribution is 5.44. The molecule has 0 aromatic carbocycles. The summed E-state index contributed by atoms with van der Waals surface area (Å²) in [5.41, 5.74) is 1.69. The first-order valence-electron chi connectivity index (χ1n) is 4.60. The molecule has 0 N–H and O–H groups in total. The van der Waals surface area contributed by atoms with Gasteiger partial charge >= 0.3 is 0 Å². The van der Waals surface area contributed by atoms with Crippen LogP contribution in [0.2, 0.25) is 0 Å². The van der Waals surface area contributed by atoms with Gasteiger partial charge in [-0.3, -0.25) is 0 Å². The van der Waals surface area contributed by atoms with Gasteiger partial charge in [-0.05, 0) is 11.6 Å². The van der Waals surface area contributed by atoms with Crippen molar-refractivity contribution in [1.82, 2.24) is 0 Å². The molecule has 0 aromatic heterocycles. The van der Waals surface area contributed by atoms with Crippen molar-refractivity contribution in [3.05, 3.63) is 23.8 Å². The summed E-state index contributed by atoms with van der Waals surface area (Å²) in [6.45, 7) is 5.27. The molecule has 0 fully saturated rings. The number of hydrogen-bond donors (Lipinski definition) is 0. The SMILES string of the molecule is C=C(COC)/C(C#CCOC)=C\COC. The van der Waals surface area contributed by atoms with Gasteiger partial charge in [-0.25, -0.2) is 0 Å². The van der Waals surface area contributed by atoms with E-state index < -0.39 is 0 Å². The molecule has 0 aromatic rings. The van der Waals surface area contributed by atoms with E-state index in [1.54, 1.807) is 21.3 Å². The van der Waals surface area contributed by atoms with Gasteiger partial charge in [-0.2, -0.15) is 0 Å². The molecule has 0 saturated carbocycles. The standard InChI is InChI=1S/C12H18O3/c1-11(10-15-4)12(7-9-14-3)6-5-8-13-2/h7H,1,8-10H2,2-4H3/b12-7-. The summed E-state index contributed by atoms with van der Waals surface area (Å²) in [7, 11) is 4.87. The van der Waals surface area contributed by atoms with E-state index in [-0.39, 0.29) is 0 Å². The van der Waals surface area contributed by atoms with Gasteiger partial charge in [0.25, 0.3) is 0 Å². The molecule has 0 aliphatic carbocycles. The predicted octanol–water partition coefficient (Wildman–Crippen LogP) is 1.41. The maximum atomic E-state index is 4.99. The number of rotatable bonds is 6. The summed E-state index contributed by atoms with van der Waals surface area (Å²) in [6.07, 6.45) is 1.88. The Morgan fingerprint density at radius 3 is 2.47 bits per heavy atom. The van der Waals surface area contributed by atoms with Crippen molar-refractivity contribution in [2.24, 2.45) is 0 Å². The Morgan fingerprint density at radius 2 is 1.93 bits per heavy atom. The molecule has 0 aliphatic rings. The van der Waals surface area contributed by atoms with Gasteiger partial charge in [0, 0.05) is 26.9 Å². The fraction of sp³-hybridized carbons (Fsp3) is 0.500. The Kier molecular flexibility index (Phi) is 8.79. The highest BCUT2D eigenvalue weighted by Crippen LogP contribution is 2.06. The molecule has 0 amide bonds. The molecular formula is C12H18O3. The topological polar surface area (TPSA) is 27.7 Å². The fourth-order valence-electron chi connectivity index (χ4n) is 0.906. The quantitative estimate of drug-likeness (QED) is 0.490. The van der Waals surface area contributed by atoms with Gasteiger partial charge in [0.05, 0.1) is 13.2 Å². The van der Waals surface area contributed by atoms with Gasteiger partial charge in [0.1, 0.15) is 6.61 Å². The van der Waals surface area contributed by atoms with Gasteiger partial charge in [-0.15, -0.1) is 0 Å². The molecule has 84 valence electrons. The van der Waals surface area contributed by atoms with Crippen molar-refractivity contribution in [3.8, 4) is 11.8 Å². The number of ether oxygens (including phenoxy) is 3. The van der Waals surface area contributed by atoms with Crippen LogP contribution in [-0.4, -0.2) is 41.2 Å². The van der Waals surface area contributed by atoms with Crippen LogP contribution < -0.4 is 0 Å². The number of methoxy groups -OCH3 is 3. The molecule has 0 rings (SSSR count). The molecule has 0 atom stereocenters. The smallest absolute Gasteiger partial charge is 0.107 e. The summed E-state index contributed by atoms with van der Waals surface area (Å²) in [5, 5.41) is 0. The van der Waals surface area contributed by atoms with E-state index in [1.165, 1.54) is 0 Å². The lowest BCUT2D eigenvalue weighted by Crippen LogP contribution is -1.97. The van der Waals surface area contributed by atoms with Crippen molar-refractivity contribution in [1.29, 1.82) is 0 Å². The van der Waals surface area contributed by atoms with Crippen LogP contribution in [0.3, 0.4) is 0 Å². The Morgan fingerprint density at radius 1 is 1.20 bits per heavy atom. The summed E-state index contributed by atoms with van der Waals surface area (Å²) < 4.78 is 14.8. The van der Waals surface area contributed by atoms with Crippen molar-refractivity contribution in [2.75, 3.05) is 41.2 Å². The molecular weight excluding hydrogens is 192 g/mol. The highest BCUT2D eigenvalue weighted by Gasteiger charge is 1.98. The second-order valence-corrected chi connectivity index (χ2v) is 2.84. The lowest BCUT2D eigenvalue weighted by molar-refractivity contribution is 0.226. The van der Waals surface area contributed by atoms with Crippen LogP contribution in [0.15, 0.2) is 23.8 Å². The highest BCUT2D eigenvalue weighted by atomic mass is 16.5. The molecule has 0 unspecified atom stereocenters. The summed E-state index contributed by atoms with van der Waals surface area (Å²) >= 11 is 0. The first-order chi connectivity index (χ1) is 7.26. The number of hydrogen-bond acceptors (Lipinski definition) is 3. The lowest BCUT2D eigenvalue weighted by Gasteiger charge is -2.03. The molecule has 3 nitrogen and oxygen atoms in total. The third-order valence-corrected chi connectivity index (χ3v) is 1.59. The first kappa shape index (κ1) is 13.9. The normalized spacial score (nSPS) is 10.7. The third-order valence-electron chi connectivity index (χ3n) is 1.59. The van der Waals surface area contributed by atoms with Gasteiger partial charge in [0.2, 0.25) is 0 Å². The molecule has 15 heavy (non-hydrogen) atoms. The summed E-state index contributed by atoms with van der Waals surface area (Å²) in [4.78, 5) is 0. The Labute approximate surface area is 91.7 Å². The minimum atomic E-state index is 0.407. The first-order valence-corrected chi connectivity index (χ1v) is 4.60. The van der Waals surface area contributed by atoms with Gasteiger partial charge in [0.15, 0.2) is 0 Å². The zero-order valence-electron chi connectivity index (χ0n) is 9.63. The third kappa shape index (κ3) is 6.92. The maximum Gasteiger partial charge on any atom is 0.107 e. The molecule has 0 spiro atoms. The van der Waals surface area contributed by atoms with Crippen LogP contribution in [0.1, 0.15) is 0 Å². The molecule has 0 saturated heterocycles. The average Bonchev–Trinajstić information content (AvgIpc) is 2.23. The van der Waals surface area contributed by atoms with Crippen molar-refractivity contribution >= 4 is 0 Å². The van der Waals surface area contributed by atoms with Gasteiger partial charge in [-0.1, -0.05) is 18.4 Å². The van der Waals surface area contributed by atoms with Crippen LogP contribution in [0.4, 0.5) is 0 Å². The van der Waals surface area contributed by atoms with Crippen molar-refractivity contribution < 1.29 is 14.2 Å². The van der Waals surface area contributed by atoms with E-state index in [0.29, 0.717) is 19.8 Å². The minimum Gasteiger partial charge on any atom is -0.381 e. The Balaban J connectivity index is 4.45. The summed E-state index contributed by atoms with van der Waals surface area (Å²) in [6, 6.07) is 0. The van der Waals surface area contributed by atoms with Crippen LogP contribution >= 0.6 is 0 Å². The molecule has 3 heteroatoms. The second-order valence-electron chi connectivity index (χ2n) is 2.84. The monoisotopic (exact) mass is 210 g/mol. The van der Waals surface area contributed by atoms with Crippen LogP contribution in [0.25, 0.3) is 0 Å². The van der Waals surface area contributed by atoms with Crippen LogP contribution in [0, 0.1) is 11.8 Å². The van der Waals surface area contributed by atoms with E-state index in [9.17, 15) is 0 Å². The van der Waals surface area contributed by atoms with E-state index in [2.05, 4.69) is 18.4 Å². The molecule has 0 heterocycles. The fourth-order valence-corrected chi connectivity index (χ4v) is 0.906. The summed E-state index contributed by atoms with van der Waals surface area (Å²) in [5.74, 6) is 5.84. The zero-order valence-corrected chi connectivity index (χ0v) is 9.63. The Bertz CT molecular complexity index is 268. The van der Waals surface area contributed by atoms with E-state index >= 15 is 0 Å². The van der Waals surface area contributed by atoms with Crippen molar-refractivity contribution in [3.63, 3.8) is 0 Å². The van der Waals surface area contributed by atoms with Crippen LogP contribution in [-0.2, 0) is 14.2 Å². The largest absolute Gasteiger partial charge is 0.381 e. The van der Waals surface area contributed by atoms with E-state index in [1.807, 2.05) is 6.08 Å². The van der Waals surface area contributed by atoms with E-state index in [4.69, 9.17) is 14.2 Å².